The number of hydrogen-bond donors (Lipinski definition) is 2. The Morgan fingerprint density at radius 3 is 2.75 bits per heavy atom. The Bertz CT molecular complexity index is 807. The number of benzene rings is 1. The third kappa shape index (κ3) is 2.54. The first-order chi connectivity index (χ1) is 11.6. The molecule has 2 aliphatic heterocycles. The monoisotopic (exact) mass is 327 g/mol. The SMILES string of the molecule is Cn1nc(N2CCC(=O)NC2=O)c2ccc(C3CCNCC3)cc21. The number of rotatable bonds is 2. The molecule has 0 aliphatic carbocycles. The number of aryl methyl sites for hydroxylation is 1. The van der Waals surface area contributed by atoms with Crippen LogP contribution in [-0.4, -0.2) is 41.4 Å². The number of fused-ring (bicyclic) bond motifs is 1. The molecule has 3 amide bonds. The van der Waals surface area contributed by atoms with Crippen molar-refractivity contribution in [2.75, 3.05) is 24.5 Å². The number of hydrogen-bond acceptors (Lipinski definition) is 4. The Morgan fingerprint density at radius 1 is 1.21 bits per heavy atom. The van der Waals surface area contributed by atoms with Crippen LogP contribution in [0.2, 0.25) is 0 Å². The summed E-state index contributed by atoms with van der Waals surface area (Å²) >= 11 is 0. The van der Waals surface area contributed by atoms with Gasteiger partial charge in [-0.15, -0.1) is 0 Å². The van der Waals surface area contributed by atoms with Crippen LogP contribution in [0.5, 0.6) is 0 Å². The average molecular weight is 327 g/mol. The standard InChI is InChI=1S/C17H21N5O2/c1-21-14-10-12(11-4-7-18-8-5-11)2-3-13(14)16(20-21)22-9-6-15(23)19-17(22)24/h2-3,10-11,18H,4-9H2,1H3,(H,19,23,24). The number of carbonyl (C=O) groups excluding carboxylic acids is 2. The molecular formula is C17H21N5O2. The van der Waals surface area contributed by atoms with Gasteiger partial charge in [0.1, 0.15) is 0 Å². The molecule has 7 nitrogen and oxygen atoms in total. The topological polar surface area (TPSA) is 79.3 Å². The van der Waals surface area contributed by atoms with Crippen molar-refractivity contribution in [1.29, 1.82) is 0 Å². The summed E-state index contributed by atoms with van der Waals surface area (Å²) in [5, 5.41) is 11.2. The fraction of sp³-hybridized carbons (Fsp3) is 0.471. The van der Waals surface area contributed by atoms with Crippen LogP contribution in [0.15, 0.2) is 18.2 Å². The van der Waals surface area contributed by atoms with Gasteiger partial charge in [-0.05, 0) is 49.5 Å². The zero-order valence-electron chi connectivity index (χ0n) is 13.7. The predicted octanol–water partition coefficient (Wildman–Crippen LogP) is 1.49. The normalized spacial score (nSPS) is 19.8. The molecule has 24 heavy (non-hydrogen) atoms. The third-order valence-electron chi connectivity index (χ3n) is 4.98. The molecule has 1 aromatic heterocycles. The van der Waals surface area contributed by atoms with E-state index in [-0.39, 0.29) is 5.91 Å². The average Bonchev–Trinajstić information content (AvgIpc) is 2.92. The fourth-order valence-corrected chi connectivity index (χ4v) is 3.63. The number of nitrogens with zero attached hydrogens (tertiary/aromatic N) is 3. The van der Waals surface area contributed by atoms with E-state index in [0.717, 1.165) is 36.8 Å². The molecule has 2 saturated heterocycles. The van der Waals surface area contributed by atoms with Crippen LogP contribution in [0.3, 0.4) is 0 Å². The van der Waals surface area contributed by atoms with E-state index in [1.807, 2.05) is 11.7 Å². The number of carbonyl (C=O) groups is 2. The van der Waals surface area contributed by atoms with E-state index in [1.165, 1.54) is 5.56 Å². The minimum atomic E-state index is -0.395. The molecular weight excluding hydrogens is 306 g/mol. The lowest BCUT2D eigenvalue weighted by Gasteiger charge is -2.25. The maximum absolute atomic E-state index is 12.1. The minimum Gasteiger partial charge on any atom is -0.317 e. The van der Waals surface area contributed by atoms with E-state index < -0.39 is 6.03 Å². The summed E-state index contributed by atoms with van der Waals surface area (Å²) in [4.78, 5) is 25.0. The number of urea groups is 1. The van der Waals surface area contributed by atoms with E-state index in [9.17, 15) is 9.59 Å². The van der Waals surface area contributed by atoms with E-state index in [2.05, 4.69) is 33.9 Å². The highest BCUT2D eigenvalue weighted by Gasteiger charge is 2.28. The van der Waals surface area contributed by atoms with E-state index in [1.54, 1.807) is 4.90 Å². The lowest BCUT2D eigenvalue weighted by Crippen LogP contribution is -2.49. The van der Waals surface area contributed by atoms with E-state index >= 15 is 0 Å². The van der Waals surface area contributed by atoms with Gasteiger partial charge in [-0.3, -0.25) is 19.7 Å². The highest BCUT2D eigenvalue weighted by Crippen LogP contribution is 2.32. The van der Waals surface area contributed by atoms with Crippen molar-refractivity contribution in [3.8, 4) is 0 Å². The molecule has 0 unspecified atom stereocenters. The Labute approximate surface area is 140 Å². The predicted molar refractivity (Wildman–Crippen MR) is 91.1 cm³/mol. The van der Waals surface area contributed by atoms with Crippen LogP contribution < -0.4 is 15.5 Å². The van der Waals surface area contributed by atoms with Crippen molar-refractivity contribution in [2.45, 2.75) is 25.2 Å². The van der Waals surface area contributed by atoms with Crippen LogP contribution in [0.1, 0.15) is 30.7 Å². The van der Waals surface area contributed by atoms with Crippen molar-refractivity contribution in [2.24, 2.45) is 7.05 Å². The van der Waals surface area contributed by atoms with Crippen LogP contribution in [-0.2, 0) is 11.8 Å². The second-order valence-electron chi connectivity index (χ2n) is 6.50. The summed E-state index contributed by atoms with van der Waals surface area (Å²) in [6.45, 7) is 2.48. The van der Waals surface area contributed by atoms with Gasteiger partial charge in [-0.1, -0.05) is 6.07 Å². The summed E-state index contributed by atoms with van der Waals surface area (Å²) in [5.41, 5.74) is 2.35. The van der Waals surface area contributed by atoms with Gasteiger partial charge >= 0.3 is 6.03 Å². The Balaban J connectivity index is 1.71. The number of piperidine rings is 1. The molecule has 4 rings (SSSR count). The summed E-state index contributed by atoms with van der Waals surface area (Å²) in [6.07, 6.45) is 2.59. The van der Waals surface area contributed by atoms with Crippen molar-refractivity contribution < 1.29 is 9.59 Å². The maximum Gasteiger partial charge on any atom is 0.329 e. The number of amides is 3. The molecule has 0 atom stereocenters. The van der Waals surface area contributed by atoms with Gasteiger partial charge in [0.05, 0.1) is 5.52 Å². The Kier molecular flexibility index (Phi) is 3.72. The molecule has 7 heteroatoms. The zero-order valence-corrected chi connectivity index (χ0v) is 13.7. The quantitative estimate of drug-likeness (QED) is 0.876. The Morgan fingerprint density at radius 2 is 2.00 bits per heavy atom. The van der Waals surface area contributed by atoms with Gasteiger partial charge in [-0.2, -0.15) is 5.10 Å². The van der Waals surface area contributed by atoms with E-state index in [0.29, 0.717) is 24.7 Å². The second kappa shape index (κ2) is 5.90. The minimum absolute atomic E-state index is 0.232. The molecule has 0 spiro atoms. The van der Waals surface area contributed by atoms with Gasteiger partial charge in [0, 0.05) is 25.4 Å². The summed E-state index contributed by atoms with van der Waals surface area (Å²) in [7, 11) is 1.89. The number of anilines is 1. The van der Waals surface area contributed by atoms with Gasteiger partial charge in [-0.25, -0.2) is 4.79 Å². The van der Waals surface area contributed by atoms with Crippen LogP contribution in [0.25, 0.3) is 10.9 Å². The second-order valence-corrected chi connectivity index (χ2v) is 6.50. The van der Waals surface area contributed by atoms with Crippen LogP contribution in [0.4, 0.5) is 10.6 Å². The first-order valence-corrected chi connectivity index (χ1v) is 8.42. The van der Waals surface area contributed by atoms with E-state index in [4.69, 9.17) is 0 Å². The summed E-state index contributed by atoms with van der Waals surface area (Å²) in [6, 6.07) is 6.00. The highest BCUT2D eigenvalue weighted by atomic mass is 16.2. The highest BCUT2D eigenvalue weighted by molar-refractivity contribution is 6.08. The maximum atomic E-state index is 12.1. The molecule has 2 aliphatic rings. The molecule has 0 saturated carbocycles. The fourth-order valence-electron chi connectivity index (χ4n) is 3.63. The molecule has 0 radical (unpaired) electrons. The molecule has 126 valence electrons. The lowest BCUT2D eigenvalue weighted by molar-refractivity contribution is -0.120. The number of imide groups is 1. The smallest absolute Gasteiger partial charge is 0.317 e. The molecule has 1 aromatic carbocycles. The largest absolute Gasteiger partial charge is 0.329 e. The summed E-state index contributed by atoms with van der Waals surface area (Å²) in [5.74, 6) is 0.962. The lowest BCUT2D eigenvalue weighted by atomic mass is 9.90. The first-order valence-electron chi connectivity index (χ1n) is 8.42. The van der Waals surface area contributed by atoms with Gasteiger partial charge in [0.2, 0.25) is 5.91 Å². The Hall–Kier alpha value is -2.41. The van der Waals surface area contributed by atoms with Gasteiger partial charge in [0.15, 0.2) is 5.82 Å². The first kappa shape index (κ1) is 15.1. The van der Waals surface area contributed by atoms with Crippen molar-refractivity contribution in [3.63, 3.8) is 0 Å². The molecule has 2 N–H and O–H groups in total. The van der Waals surface area contributed by atoms with Crippen molar-refractivity contribution >= 4 is 28.7 Å². The summed E-state index contributed by atoms with van der Waals surface area (Å²) < 4.78 is 1.82. The van der Waals surface area contributed by atoms with Crippen molar-refractivity contribution in [3.05, 3.63) is 23.8 Å². The van der Waals surface area contributed by atoms with Gasteiger partial charge < -0.3 is 5.32 Å². The molecule has 0 bridgehead atoms. The third-order valence-corrected chi connectivity index (χ3v) is 4.98. The number of aromatic nitrogens is 2. The van der Waals surface area contributed by atoms with Crippen molar-refractivity contribution in [1.82, 2.24) is 20.4 Å². The van der Waals surface area contributed by atoms with Crippen LogP contribution in [0, 0.1) is 0 Å². The molecule has 2 fully saturated rings. The van der Waals surface area contributed by atoms with Gasteiger partial charge in [0.25, 0.3) is 0 Å². The molecule has 3 heterocycles. The zero-order chi connectivity index (χ0) is 16.7. The van der Waals surface area contributed by atoms with Crippen LogP contribution >= 0.6 is 0 Å². The number of nitrogens with one attached hydrogen (secondary N) is 2. The molecule has 2 aromatic rings.